The van der Waals surface area contributed by atoms with Crippen molar-refractivity contribution >= 4 is 5.97 Å². The zero-order chi connectivity index (χ0) is 28.5. The van der Waals surface area contributed by atoms with E-state index in [1.807, 2.05) is 0 Å². The van der Waals surface area contributed by atoms with Gasteiger partial charge >= 0.3 is 5.97 Å². The molecule has 0 saturated carbocycles. The highest BCUT2D eigenvalue weighted by Gasteiger charge is 2.13. The minimum Gasteiger partial charge on any atom is -0.457 e. The predicted octanol–water partition coefficient (Wildman–Crippen LogP) is 10.4. The Morgan fingerprint density at radius 1 is 0.590 bits per heavy atom. The van der Waals surface area contributed by atoms with Gasteiger partial charge in [0.05, 0.1) is 13.2 Å². The van der Waals surface area contributed by atoms with Gasteiger partial charge in [-0.15, -0.1) is 0 Å². The first kappa shape index (κ1) is 37.9. The standard InChI is InChI=1S/C35H66O4/c1-3-5-7-9-11-13-15-17-18-19-21-23-25-27-29-31-38-33-34(32-36)39-35(37)30-28-26-24-22-20-16-14-12-10-8-6-4-2/h12,14-15,17,34,36H,3-11,13,16,18-33H2,1-2H3/b14-12-,17-15-. The highest BCUT2D eigenvalue weighted by molar-refractivity contribution is 5.69. The van der Waals surface area contributed by atoms with Crippen molar-refractivity contribution in [1.82, 2.24) is 0 Å². The van der Waals surface area contributed by atoms with Crippen LogP contribution in [0.1, 0.15) is 168 Å². The Balaban J connectivity index is 3.46. The van der Waals surface area contributed by atoms with Crippen LogP contribution in [0.2, 0.25) is 0 Å². The van der Waals surface area contributed by atoms with Crippen molar-refractivity contribution in [2.24, 2.45) is 0 Å². The molecule has 0 spiro atoms. The van der Waals surface area contributed by atoms with Crippen molar-refractivity contribution in [3.8, 4) is 0 Å². The molecule has 0 saturated heterocycles. The van der Waals surface area contributed by atoms with E-state index in [1.165, 1.54) is 128 Å². The molecule has 0 radical (unpaired) electrons. The number of aliphatic hydroxyl groups excluding tert-OH is 1. The van der Waals surface area contributed by atoms with Gasteiger partial charge in [0.2, 0.25) is 0 Å². The molecule has 0 aliphatic rings. The average molecular weight is 551 g/mol. The summed E-state index contributed by atoms with van der Waals surface area (Å²) in [5.41, 5.74) is 0. The monoisotopic (exact) mass is 550 g/mol. The number of unbranched alkanes of at least 4 members (excludes halogenated alkanes) is 19. The van der Waals surface area contributed by atoms with Gasteiger partial charge in [-0.2, -0.15) is 0 Å². The minimum atomic E-state index is -0.536. The van der Waals surface area contributed by atoms with Crippen molar-refractivity contribution in [2.45, 2.75) is 174 Å². The molecule has 0 fully saturated rings. The maximum atomic E-state index is 12.1. The van der Waals surface area contributed by atoms with E-state index in [1.54, 1.807) is 0 Å². The maximum absolute atomic E-state index is 12.1. The van der Waals surface area contributed by atoms with Crippen LogP contribution in [-0.2, 0) is 14.3 Å². The van der Waals surface area contributed by atoms with Crippen LogP contribution in [0.4, 0.5) is 0 Å². The van der Waals surface area contributed by atoms with Gasteiger partial charge in [0, 0.05) is 13.0 Å². The number of rotatable bonds is 31. The smallest absolute Gasteiger partial charge is 0.306 e. The predicted molar refractivity (Wildman–Crippen MR) is 168 cm³/mol. The van der Waals surface area contributed by atoms with Crippen LogP contribution in [0.25, 0.3) is 0 Å². The molecular weight excluding hydrogens is 484 g/mol. The molecule has 0 rings (SSSR count). The van der Waals surface area contributed by atoms with Gasteiger partial charge in [0.15, 0.2) is 0 Å². The first-order valence-corrected chi connectivity index (χ1v) is 16.9. The Kier molecular flexibility index (Phi) is 32.1. The lowest BCUT2D eigenvalue weighted by molar-refractivity contribution is -0.154. The molecule has 4 heteroatoms. The van der Waals surface area contributed by atoms with Crippen LogP contribution in [0, 0.1) is 0 Å². The summed E-state index contributed by atoms with van der Waals surface area (Å²) in [5, 5.41) is 9.52. The minimum absolute atomic E-state index is 0.176. The first-order chi connectivity index (χ1) is 19.2. The lowest BCUT2D eigenvalue weighted by Gasteiger charge is -2.15. The molecule has 4 nitrogen and oxygen atoms in total. The quantitative estimate of drug-likeness (QED) is 0.0530. The summed E-state index contributed by atoms with van der Waals surface area (Å²) < 4.78 is 11.1. The molecule has 0 aliphatic heterocycles. The number of carbonyl (C=O) groups excluding carboxylic acids is 1. The summed E-state index contributed by atoms with van der Waals surface area (Å²) in [5.74, 6) is -0.213. The fraction of sp³-hybridized carbons (Fsp3) is 0.857. The molecule has 1 unspecified atom stereocenters. The molecule has 0 amide bonds. The number of allylic oxidation sites excluding steroid dienone is 4. The third-order valence-corrected chi connectivity index (χ3v) is 7.25. The van der Waals surface area contributed by atoms with Crippen LogP contribution >= 0.6 is 0 Å². The summed E-state index contributed by atoms with van der Waals surface area (Å²) in [6.45, 7) is 5.29. The largest absolute Gasteiger partial charge is 0.457 e. The molecule has 1 N–H and O–H groups in total. The van der Waals surface area contributed by atoms with E-state index in [9.17, 15) is 9.90 Å². The van der Waals surface area contributed by atoms with Crippen molar-refractivity contribution in [2.75, 3.05) is 19.8 Å². The number of esters is 1. The Morgan fingerprint density at radius 3 is 1.51 bits per heavy atom. The topological polar surface area (TPSA) is 55.8 Å². The second-order valence-electron chi connectivity index (χ2n) is 11.2. The van der Waals surface area contributed by atoms with Gasteiger partial charge < -0.3 is 14.6 Å². The van der Waals surface area contributed by atoms with Crippen LogP contribution in [0.3, 0.4) is 0 Å². The lowest BCUT2D eigenvalue weighted by Crippen LogP contribution is -2.27. The SMILES string of the molecule is CCCCC/C=C\CCCCCCCC(=O)OC(CO)COCCCCCCCC/C=C\CCCCCCC. The van der Waals surface area contributed by atoms with E-state index in [4.69, 9.17) is 9.47 Å². The van der Waals surface area contributed by atoms with Crippen LogP contribution in [-0.4, -0.2) is 37.0 Å². The zero-order valence-corrected chi connectivity index (χ0v) is 26.2. The molecule has 39 heavy (non-hydrogen) atoms. The summed E-state index contributed by atoms with van der Waals surface area (Å²) in [6, 6.07) is 0. The molecule has 0 aromatic rings. The maximum Gasteiger partial charge on any atom is 0.306 e. The van der Waals surface area contributed by atoms with Crippen molar-refractivity contribution in [3.63, 3.8) is 0 Å². The Labute approximate surface area is 243 Å². The highest BCUT2D eigenvalue weighted by Crippen LogP contribution is 2.11. The Bertz CT molecular complexity index is 543. The zero-order valence-electron chi connectivity index (χ0n) is 26.2. The van der Waals surface area contributed by atoms with Crippen molar-refractivity contribution in [3.05, 3.63) is 24.3 Å². The van der Waals surface area contributed by atoms with E-state index < -0.39 is 6.10 Å². The second-order valence-corrected chi connectivity index (χ2v) is 11.2. The Hall–Kier alpha value is -1.13. The van der Waals surface area contributed by atoms with E-state index >= 15 is 0 Å². The molecule has 1 atom stereocenters. The second kappa shape index (κ2) is 33.1. The van der Waals surface area contributed by atoms with Gasteiger partial charge in [-0.3, -0.25) is 4.79 Å². The Morgan fingerprint density at radius 2 is 1.00 bits per heavy atom. The van der Waals surface area contributed by atoms with Crippen molar-refractivity contribution in [1.29, 1.82) is 0 Å². The number of hydrogen-bond donors (Lipinski definition) is 1. The van der Waals surface area contributed by atoms with E-state index in [0.717, 1.165) is 19.3 Å². The van der Waals surface area contributed by atoms with Crippen LogP contribution in [0.15, 0.2) is 24.3 Å². The van der Waals surface area contributed by atoms with Gasteiger partial charge in [0.1, 0.15) is 6.10 Å². The average Bonchev–Trinajstić information content (AvgIpc) is 2.94. The van der Waals surface area contributed by atoms with E-state index in [-0.39, 0.29) is 12.6 Å². The van der Waals surface area contributed by atoms with Gasteiger partial charge in [-0.1, -0.05) is 122 Å². The normalized spacial score (nSPS) is 12.6. The molecular formula is C35H66O4. The summed E-state index contributed by atoms with van der Waals surface area (Å²) in [6.07, 6.45) is 37.8. The van der Waals surface area contributed by atoms with Gasteiger partial charge in [-0.25, -0.2) is 0 Å². The van der Waals surface area contributed by atoms with Crippen LogP contribution in [0.5, 0.6) is 0 Å². The van der Waals surface area contributed by atoms with Gasteiger partial charge in [-0.05, 0) is 64.2 Å². The molecule has 0 aromatic carbocycles. The number of aliphatic hydroxyl groups is 1. The fourth-order valence-corrected chi connectivity index (χ4v) is 4.67. The molecule has 0 aliphatic carbocycles. The first-order valence-electron chi connectivity index (χ1n) is 16.9. The van der Waals surface area contributed by atoms with Crippen LogP contribution < -0.4 is 0 Å². The number of hydrogen-bond acceptors (Lipinski definition) is 4. The van der Waals surface area contributed by atoms with E-state index in [0.29, 0.717) is 19.6 Å². The molecule has 0 heterocycles. The van der Waals surface area contributed by atoms with E-state index in [2.05, 4.69) is 38.2 Å². The fourth-order valence-electron chi connectivity index (χ4n) is 4.67. The number of ether oxygens (including phenoxy) is 2. The van der Waals surface area contributed by atoms with Crippen molar-refractivity contribution < 1.29 is 19.4 Å². The third kappa shape index (κ3) is 31.3. The summed E-state index contributed by atoms with van der Waals surface area (Å²) >= 11 is 0. The summed E-state index contributed by atoms with van der Waals surface area (Å²) in [4.78, 5) is 12.1. The summed E-state index contributed by atoms with van der Waals surface area (Å²) in [7, 11) is 0. The molecule has 0 bridgehead atoms. The molecule has 0 aromatic heterocycles. The lowest BCUT2D eigenvalue weighted by atomic mass is 10.1. The van der Waals surface area contributed by atoms with Gasteiger partial charge in [0.25, 0.3) is 0 Å². The number of carbonyl (C=O) groups is 1. The third-order valence-electron chi connectivity index (χ3n) is 7.25. The highest BCUT2D eigenvalue weighted by atomic mass is 16.6. The molecule has 230 valence electrons.